The Morgan fingerprint density at radius 2 is 2.00 bits per heavy atom. The number of halogens is 3. The Hall–Kier alpha value is -2.06. The molecule has 1 heterocycles. The third-order valence-electron chi connectivity index (χ3n) is 4.44. The Morgan fingerprint density at radius 3 is 2.58 bits per heavy atom. The molecule has 0 aromatic heterocycles. The summed E-state index contributed by atoms with van der Waals surface area (Å²) in [5.41, 5.74) is -0.116. The van der Waals surface area contributed by atoms with Gasteiger partial charge in [-0.15, -0.1) is 13.2 Å². The number of nitrogens with zero attached hydrogens (tertiary/aromatic N) is 1. The lowest BCUT2D eigenvalue weighted by molar-refractivity contribution is -0.274. The lowest BCUT2D eigenvalue weighted by atomic mass is 9.99. The van der Waals surface area contributed by atoms with Gasteiger partial charge in [0.1, 0.15) is 11.4 Å². The maximum atomic E-state index is 12.6. The molecule has 2 atom stereocenters. The number of aliphatic hydroxyl groups is 1. The first-order valence-corrected chi connectivity index (χ1v) is 8.41. The number of ether oxygens (including phenoxy) is 2. The van der Waals surface area contributed by atoms with Crippen LogP contribution in [0, 0.1) is 5.92 Å². The van der Waals surface area contributed by atoms with Crippen molar-refractivity contribution in [2.45, 2.75) is 31.7 Å². The summed E-state index contributed by atoms with van der Waals surface area (Å²) in [6, 6.07) is 5.18. The Balaban J connectivity index is 1.69. The summed E-state index contributed by atoms with van der Waals surface area (Å²) in [4.78, 5) is 14.1. The molecule has 26 heavy (non-hydrogen) atoms. The lowest BCUT2D eigenvalue weighted by Crippen LogP contribution is -2.34. The SMILES string of the molecule is CCCOCC1(O)C=C2C(=O)N(c3ccc(OC(F)(F)F)cc3)CC2C1. The van der Waals surface area contributed by atoms with Crippen LogP contribution >= 0.6 is 0 Å². The van der Waals surface area contributed by atoms with Gasteiger partial charge < -0.3 is 19.5 Å². The number of hydrogen-bond donors (Lipinski definition) is 1. The molecule has 1 N–H and O–H groups in total. The summed E-state index contributed by atoms with van der Waals surface area (Å²) in [5.74, 6) is -0.704. The van der Waals surface area contributed by atoms with Crippen LogP contribution in [0.15, 0.2) is 35.9 Å². The van der Waals surface area contributed by atoms with Gasteiger partial charge in [0, 0.05) is 30.3 Å². The van der Waals surface area contributed by atoms with Crippen molar-refractivity contribution in [2.75, 3.05) is 24.7 Å². The van der Waals surface area contributed by atoms with E-state index in [9.17, 15) is 23.1 Å². The zero-order chi connectivity index (χ0) is 18.9. The van der Waals surface area contributed by atoms with E-state index in [0.717, 1.165) is 6.42 Å². The van der Waals surface area contributed by atoms with Gasteiger partial charge >= 0.3 is 6.36 Å². The van der Waals surface area contributed by atoms with Gasteiger partial charge in [-0.1, -0.05) is 6.92 Å². The number of carbonyl (C=O) groups is 1. The number of benzene rings is 1. The molecular weight excluding hydrogens is 351 g/mol. The molecule has 0 radical (unpaired) electrons. The second-order valence-corrected chi connectivity index (χ2v) is 6.61. The highest BCUT2D eigenvalue weighted by Crippen LogP contribution is 2.41. The lowest BCUT2D eigenvalue weighted by Gasteiger charge is -2.24. The second kappa shape index (κ2) is 6.92. The first kappa shape index (κ1) is 18.7. The Morgan fingerprint density at radius 1 is 1.31 bits per heavy atom. The van der Waals surface area contributed by atoms with Crippen LogP contribution in [-0.2, 0) is 9.53 Å². The Bertz CT molecular complexity index is 701. The fraction of sp³-hybridized carbons (Fsp3) is 0.500. The van der Waals surface area contributed by atoms with E-state index in [1.165, 1.54) is 29.2 Å². The van der Waals surface area contributed by atoms with Gasteiger partial charge in [-0.3, -0.25) is 4.79 Å². The van der Waals surface area contributed by atoms with Crippen molar-refractivity contribution in [3.63, 3.8) is 0 Å². The zero-order valence-corrected chi connectivity index (χ0v) is 14.3. The minimum absolute atomic E-state index is 0.121. The van der Waals surface area contributed by atoms with E-state index >= 15 is 0 Å². The van der Waals surface area contributed by atoms with E-state index in [1.807, 2.05) is 6.92 Å². The minimum Gasteiger partial charge on any atom is -0.406 e. The van der Waals surface area contributed by atoms with Crippen molar-refractivity contribution >= 4 is 11.6 Å². The van der Waals surface area contributed by atoms with Crippen LogP contribution < -0.4 is 9.64 Å². The smallest absolute Gasteiger partial charge is 0.406 e. The molecule has 1 amide bonds. The molecule has 5 nitrogen and oxygen atoms in total. The molecule has 1 aromatic carbocycles. The van der Waals surface area contributed by atoms with Crippen molar-refractivity contribution in [1.82, 2.24) is 0 Å². The molecule has 2 aliphatic rings. The average molecular weight is 371 g/mol. The van der Waals surface area contributed by atoms with Crippen LogP contribution in [0.1, 0.15) is 19.8 Å². The van der Waals surface area contributed by atoms with Gasteiger partial charge in [0.2, 0.25) is 0 Å². The summed E-state index contributed by atoms with van der Waals surface area (Å²) >= 11 is 0. The third kappa shape index (κ3) is 4.02. The van der Waals surface area contributed by atoms with Crippen LogP contribution in [0.5, 0.6) is 5.75 Å². The van der Waals surface area contributed by atoms with Crippen molar-refractivity contribution in [3.8, 4) is 5.75 Å². The first-order chi connectivity index (χ1) is 12.2. The predicted molar refractivity (Wildman–Crippen MR) is 87.7 cm³/mol. The summed E-state index contributed by atoms with van der Waals surface area (Å²) in [6.07, 6.45) is -1.95. The van der Waals surface area contributed by atoms with Crippen LogP contribution in [0.3, 0.4) is 0 Å². The molecule has 2 unspecified atom stereocenters. The molecule has 3 rings (SSSR count). The molecule has 1 aliphatic carbocycles. The van der Waals surface area contributed by atoms with Crippen LogP contribution in [-0.4, -0.2) is 42.7 Å². The standard InChI is InChI=1S/C18H20F3NO4/c1-2-7-25-11-17(24)8-12-10-22(16(23)15(12)9-17)13-3-5-14(6-4-13)26-18(19,20)21/h3-6,9,12,24H,2,7-8,10-11H2,1H3. The van der Waals surface area contributed by atoms with E-state index in [-0.39, 0.29) is 24.2 Å². The minimum atomic E-state index is -4.75. The van der Waals surface area contributed by atoms with Crippen molar-refractivity contribution < 1.29 is 32.5 Å². The normalized spacial score (nSPS) is 25.4. The van der Waals surface area contributed by atoms with E-state index in [1.54, 1.807) is 6.08 Å². The number of anilines is 1. The van der Waals surface area contributed by atoms with Gasteiger partial charge in [-0.2, -0.15) is 0 Å². The summed E-state index contributed by atoms with van der Waals surface area (Å²) in [6.45, 7) is 3.04. The molecular formula is C18H20F3NO4. The first-order valence-electron chi connectivity index (χ1n) is 8.41. The topological polar surface area (TPSA) is 59.0 Å². The highest BCUT2D eigenvalue weighted by atomic mass is 19.4. The molecule has 142 valence electrons. The van der Waals surface area contributed by atoms with Gasteiger partial charge in [-0.05, 0) is 43.2 Å². The second-order valence-electron chi connectivity index (χ2n) is 6.61. The van der Waals surface area contributed by atoms with Crippen LogP contribution in [0.25, 0.3) is 0 Å². The van der Waals surface area contributed by atoms with E-state index in [4.69, 9.17) is 4.74 Å². The quantitative estimate of drug-likeness (QED) is 0.781. The summed E-state index contributed by atoms with van der Waals surface area (Å²) in [7, 11) is 0. The summed E-state index contributed by atoms with van der Waals surface area (Å²) in [5, 5.41) is 10.5. The number of alkyl halides is 3. The van der Waals surface area contributed by atoms with Gasteiger partial charge in [0.05, 0.1) is 6.61 Å². The molecule has 1 aromatic rings. The molecule has 1 saturated heterocycles. The molecule has 0 bridgehead atoms. The summed E-state index contributed by atoms with van der Waals surface area (Å²) < 4.78 is 45.9. The number of carbonyl (C=O) groups excluding carboxylic acids is 1. The zero-order valence-electron chi connectivity index (χ0n) is 14.3. The molecule has 1 aliphatic heterocycles. The van der Waals surface area contributed by atoms with Crippen LogP contribution in [0.4, 0.5) is 18.9 Å². The molecule has 8 heteroatoms. The fourth-order valence-electron chi connectivity index (χ4n) is 3.41. The van der Waals surface area contributed by atoms with E-state index in [0.29, 0.717) is 30.8 Å². The van der Waals surface area contributed by atoms with Crippen molar-refractivity contribution in [2.24, 2.45) is 5.92 Å². The van der Waals surface area contributed by atoms with Gasteiger partial charge in [0.15, 0.2) is 0 Å². The maximum absolute atomic E-state index is 12.6. The average Bonchev–Trinajstić information content (AvgIpc) is 3.02. The molecule has 0 spiro atoms. The monoisotopic (exact) mass is 371 g/mol. The van der Waals surface area contributed by atoms with Crippen LogP contribution in [0.2, 0.25) is 0 Å². The highest BCUT2D eigenvalue weighted by Gasteiger charge is 2.46. The Labute approximate surface area is 149 Å². The molecule has 1 fully saturated rings. The number of fused-ring (bicyclic) bond motifs is 1. The Kier molecular flexibility index (Phi) is 4.98. The van der Waals surface area contributed by atoms with Crippen molar-refractivity contribution in [1.29, 1.82) is 0 Å². The van der Waals surface area contributed by atoms with Gasteiger partial charge in [-0.25, -0.2) is 0 Å². The van der Waals surface area contributed by atoms with E-state index < -0.39 is 12.0 Å². The maximum Gasteiger partial charge on any atom is 0.573 e. The highest BCUT2D eigenvalue weighted by molar-refractivity contribution is 6.09. The fourth-order valence-corrected chi connectivity index (χ4v) is 3.41. The van der Waals surface area contributed by atoms with Gasteiger partial charge in [0.25, 0.3) is 5.91 Å². The number of amides is 1. The number of rotatable bonds is 6. The molecule has 0 saturated carbocycles. The predicted octanol–water partition coefficient (Wildman–Crippen LogP) is 3.04. The van der Waals surface area contributed by atoms with Crippen molar-refractivity contribution in [3.05, 3.63) is 35.9 Å². The third-order valence-corrected chi connectivity index (χ3v) is 4.44. The van der Waals surface area contributed by atoms with E-state index in [2.05, 4.69) is 4.74 Å². The largest absolute Gasteiger partial charge is 0.573 e. The number of hydrogen-bond acceptors (Lipinski definition) is 4.